The Kier molecular flexibility index (Phi) is 4.97. The summed E-state index contributed by atoms with van der Waals surface area (Å²) in [6.45, 7) is 0.377. The lowest BCUT2D eigenvalue weighted by molar-refractivity contribution is -0.137. The first-order chi connectivity index (χ1) is 12.4. The van der Waals surface area contributed by atoms with Crippen LogP contribution in [0.3, 0.4) is 0 Å². The predicted molar refractivity (Wildman–Crippen MR) is 88.3 cm³/mol. The molecule has 26 heavy (non-hydrogen) atoms. The fraction of sp³-hybridized carbons (Fsp3) is 0.118. The molecule has 1 heterocycles. The van der Waals surface area contributed by atoms with E-state index in [1.807, 2.05) is 0 Å². The standard InChI is InChI=1S/C17H13F4N5/c18-13-6-4-11(5-7-13)9-22-15-10-23-26-16(25-15)24-14-3-1-2-12(8-14)17(19,20)21/h1-8,10H,9H2,(H2,22,24,25,26). The number of benzene rings is 2. The third-order valence-electron chi connectivity index (χ3n) is 3.39. The molecule has 9 heteroatoms. The van der Waals surface area contributed by atoms with Crippen molar-refractivity contribution >= 4 is 17.5 Å². The van der Waals surface area contributed by atoms with Crippen molar-refractivity contribution in [3.05, 3.63) is 71.7 Å². The highest BCUT2D eigenvalue weighted by Gasteiger charge is 2.30. The Labute approximate surface area is 146 Å². The van der Waals surface area contributed by atoms with Crippen molar-refractivity contribution in [2.75, 3.05) is 10.6 Å². The Morgan fingerprint density at radius 3 is 2.50 bits per heavy atom. The minimum atomic E-state index is -4.44. The van der Waals surface area contributed by atoms with Gasteiger partial charge in [0.15, 0.2) is 5.82 Å². The summed E-state index contributed by atoms with van der Waals surface area (Å²) in [5.41, 5.74) is 0.246. The Balaban J connectivity index is 1.68. The molecule has 2 N–H and O–H groups in total. The molecule has 0 atom stereocenters. The van der Waals surface area contributed by atoms with Crippen LogP contribution in [0.1, 0.15) is 11.1 Å². The number of nitrogens with one attached hydrogen (secondary N) is 2. The molecule has 0 fully saturated rings. The second-order valence-electron chi connectivity index (χ2n) is 5.35. The zero-order chi connectivity index (χ0) is 18.6. The van der Waals surface area contributed by atoms with E-state index in [-0.39, 0.29) is 17.5 Å². The molecule has 0 amide bonds. The lowest BCUT2D eigenvalue weighted by atomic mass is 10.2. The van der Waals surface area contributed by atoms with Crippen molar-refractivity contribution in [2.45, 2.75) is 12.7 Å². The lowest BCUT2D eigenvalue weighted by Crippen LogP contribution is -2.07. The van der Waals surface area contributed by atoms with Gasteiger partial charge in [-0.25, -0.2) is 4.39 Å². The normalized spacial score (nSPS) is 11.2. The van der Waals surface area contributed by atoms with E-state index in [0.29, 0.717) is 12.4 Å². The van der Waals surface area contributed by atoms with E-state index < -0.39 is 11.7 Å². The van der Waals surface area contributed by atoms with Gasteiger partial charge in [0.1, 0.15) is 5.82 Å². The van der Waals surface area contributed by atoms with Crippen molar-refractivity contribution in [2.24, 2.45) is 0 Å². The van der Waals surface area contributed by atoms with Crippen LogP contribution in [0.25, 0.3) is 0 Å². The summed E-state index contributed by atoms with van der Waals surface area (Å²) in [7, 11) is 0. The molecule has 3 aromatic rings. The van der Waals surface area contributed by atoms with Crippen LogP contribution < -0.4 is 10.6 Å². The van der Waals surface area contributed by atoms with Gasteiger partial charge in [-0.3, -0.25) is 0 Å². The van der Waals surface area contributed by atoms with Crippen LogP contribution in [0.15, 0.2) is 54.7 Å². The topological polar surface area (TPSA) is 62.7 Å². The molecule has 0 aliphatic rings. The largest absolute Gasteiger partial charge is 0.416 e. The average molecular weight is 363 g/mol. The Morgan fingerprint density at radius 2 is 1.77 bits per heavy atom. The van der Waals surface area contributed by atoms with Crippen molar-refractivity contribution in [1.29, 1.82) is 0 Å². The Hall–Kier alpha value is -3.23. The van der Waals surface area contributed by atoms with E-state index in [0.717, 1.165) is 17.7 Å². The molecular weight excluding hydrogens is 350 g/mol. The zero-order valence-corrected chi connectivity index (χ0v) is 13.3. The van der Waals surface area contributed by atoms with Crippen LogP contribution in [-0.4, -0.2) is 15.2 Å². The molecule has 134 valence electrons. The van der Waals surface area contributed by atoms with Gasteiger partial charge in [-0.05, 0) is 35.9 Å². The molecule has 0 aliphatic carbocycles. The molecule has 0 bridgehead atoms. The molecule has 1 aromatic heterocycles. The van der Waals surface area contributed by atoms with Gasteiger partial charge in [0.25, 0.3) is 0 Å². The van der Waals surface area contributed by atoms with E-state index in [1.54, 1.807) is 12.1 Å². The number of rotatable bonds is 5. The summed E-state index contributed by atoms with van der Waals surface area (Å²) in [6, 6.07) is 10.6. The van der Waals surface area contributed by atoms with E-state index in [2.05, 4.69) is 25.8 Å². The van der Waals surface area contributed by atoms with Gasteiger partial charge in [-0.15, -0.1) is 5.10 Å². The van der Waals surface area contributed by atoms with Crippen molar-refractivity contribution in [1.82, 2.24) is 15.2 Å². The van der Waals surface area contributed by atoms with Crippen LogP contribution in [0.5, 0.6) is 0 Å². The smallest absolute Gasteiger partial charge is 0.365 e. The van der Waals surface area contributed by atoms with Gasteiger partial charge < -0.3 is 10.6 Å². The number of halogens is 4. The van der Waals surface area contributed by atoms with Gasteiger partial charge >= 0.3 is 6.18 Å². The summed E-state index contributed by atoms with van der Waals surface area (Å²) in [6.07, 6.45) is -3.06. The minimum absolute atomic E-state index is 0.0495. The highest BCUT2D eigenvalue weighted by molar-refractivity contribution is 5.55. The van der Waals surface area contributed by atoms with E-state index >= 15 is 0 Å². The highest BCUT2D eigenvalue weighted by atomic mass is 19.4. The van der Waals surface area contributed by atoms with Gasteiger partial charge in [0, 0.05) is 12.2 Å². The average Bonchev–Trinajstić information content (AvgIpc) is 2.61. The van der Waals surface area contributed by atoms with Gasteiger partial charge in [-0.2, -0.15) is 23.3 Å². The molecule has 5 nitrogen and oxygen atoms in total. The maximum Gasteiger partial charge on any atom is 0.416 e. The number of hydrogen-bond acceptors (Lipinski definition) is 5. The second-order valence-corrected chi connectivity index (χ2v) is 5.35. The van der Waals surface area contributed by atoms with Gasteiger partial charge in [0.2, 0.25) is 5.95 Å². The van der Waals surface area contributed by atoms with Crippen LogP contribution in [-0.2, 0) is 12.7 Å². The Bertz CT molecular complexity index is 881. The lowest BCUT2D eigenvalue weighted by Gasteiger charge is -2.10. The summed E-state index contributed by atoms with van der Waals surface area (Å²) in [5.74, 6) is 0.0947. The van der Waals surface area contributed by atoms with E-state index in [1.165, 1.54) is 30.5 Å². The maximum absolute atomic E-state index is 12.9. The molecule has 0 radical (unpaired) electrons. The molecule has 2 aromatic carbocycles. The number of hydrogen-bond donors (Lipinski definition) is 2. The third kappa shape index (κ3) is 4.65. The molecule has 0 saturated carbocycles. The SMILES string of the molecule is Fc1ccc(CNc2cnnc(Nc3cccc(C(F)(F)F)c3)n2)cc1. The van der Waals surface area contributed by atoms with Gasteiger partial charge in [-0.1, -0.05) is 18.2 Å². The number of alkyl halides is 3. The monoisotopic (exact) mass is 363 g/mol. The summed E-state index contributed by atoms with van der Waals surface area (Å²) >= 11 is 0. The van der Waals surface area contributed by atoms with Crippen LogP contribution in [0.2, 0.25) is 0 Å². The van der Waals surface area contributed by atoms with Crippen LogP contribution in [0.4, 0.5) is 35.0 Å². The minimum Gasteiger partial charge on any atom is -0.365 e. The number of anilines is 3. The zero-order valence-electron chi connectivity index (χ0n) is 13.3. The number of nitrogens with zero attached hydrogens (tertiary/aromatic N) is 3. The first-order valence-electron chi connectivity index (χ1n) is 7.52. The summed E-state index contributed by atoms with van der Waals surface area (Å²) in [5, 5.41) is 13.2. The van der Waals surface area contributed by atoms with Crippen LogP contribution >= 0.6 is 0 Å². The molecule has 0 spiro atoms. The molecule has 0 aliphatic heterocycles. The molecular formula is C17H13F4N5. The van der Waals surface area contributed by atoms with Crippen molar-refractivity contribution < 1.29 is 17.6 Å². The van der Waals surface area contributed by atoms with E-state index in [9.17, 15) is 17.6 Å². The quantitative estimate of drug-likeness (QED) is 0.659. The Morgan fingerprint density at radius 1 is 1.00 bits per heavy atom. The molecule has 0 unspecified atom stereocenters. The second kappa shape index (κ2) is 7.34. The van der Waals surface area contributed by atoms with E-state index in [4.69, 9.17) is 0 Å². The fourth-order valence-corrected chi connectivity index (χ4v) is 2.14. The molecule has 3 rings (SSSR count). The first-order valence-corrected chi connectivity index (χ1v) is 7.52. The van der Waals surface area contributed by atoms with Crippen molar-refractivity contribution in [3.8, 4) is 0 Å². The fourth-order valence-electron chi connectivity index (χ4n) is 2.14. The first kappa shape index (κ1) is 17.6. The third-order valence-corrected chi connectivity index (χ3v) is 3.39. The van der Waals surface area contributed by atoms with Crippen LogP contribution in [0, 0.1) is 5.82 Å². The summed E-state index contributed by atoms with van der Waals surface area (Å²) in [4.78, 5) is 4.14. The predicted octanol–water partition coefficient (Wildman–Crippen LogP) is 4.39. The van der Waals surface area contributed by atoms with Crippen molar-refractivity contribution in [3.63, 3.8) is 0 Å². The summed E-state index contributed by atoms with van der Waals surface area (Å²) < 4.78 is 51.1. The maximum atomic E-state index is 12.9. The highest BCUT2D eigenvalue weighted by Crippen LogP contribution is 2.31. The molecule has 0 saturated heterocycles. The van der Waals surface area contributed by atoms with Gasteiger partial charge in [0.05, 0.1) is 11.8 Å². The number of aromatic nitrogens is 3.